The van der Waals surface area contributed by atoms with Gasteiger partial charge in [0.15, 0.2) is 5.96 Å². The van der Waals surface area contributed by atoms with Gasteiger partial charge in [0.05, 0.1) is 24.2 Å². The number of carboxylic acid groups (broad SMARTS) is 1. The van der Waals surface area contributed by atoms with Crippen LogP contribution in [-0.4, -0.2) is 126 Å². The molecule has 1 aromatic carbocycles. The van der Waals surface area contributed by atoms with Crippen LogP contribution in [0.1, 0.15) is 31.1 Å². The van der Waals surface area contributed by atoms with Crippen LogP contribution in [0.4, 0.5) is 10.5 Å². The lowest BCUT2D eigenvalue weighted by molar-refractivity contribution is -0.138. The Hall–Kier alpha value is -3.69. The number of nitrogens with two attached hydrogens (primary N) is 1. The Morgan fingerprint density at radius 3 is 2.31 bits per heavy atom. The van der Waals surface area contributed by atoms with Gasteiger partial charge >= 0.3 is 6.09 Å². The highest BCUT2D eigenvalue weighted by Gasteiger charge is 2.43. The summed E-state index contributed by atoms with van der Waals surface area (Å²) in [5.41, 5.74) is 7.82. The number of amides is 2. The number of H-pyrrole nitrogens is 1. The maximum Gasteiger partial charge on any atom is 0.411 e. The Balaban J connectivity index is 1.35. The van der Waals surface area contributed by atoms with Crippen LogP contribution in [0.5, 0.6) is 0 Å². The van der Waals surface area contributed by atoms with Gasteiger partial charge in [-0.3, -0.25) is 20.0 Å². The number of benzene rings is 1. The van der Waals surface area contributed by atoms with Gasteiger partial charge in [-0.2, -0.15) is 4.31 Å². The molecule has 5 N–H and O–H groups in total. The lowest BCUT2D eigenvalue weighted by Crippen LogP contribution is -2.52. The van der Waals surface area contributed by atoms with Crippen molar-refractivity contribution in [2.24, 2.45) is 11.7 Å². The Morgan fingerprint density at radius 2 is 1.74 bits per heavy atom. The summed E-state index contributed by atoms with van der Waals surface area (Å²) in [5, 5.41) is 17.0. The summed E-state index contributed by atoms with van der Waals surface area (Å²) in [6.45, 7) is 3.72. The molecule has 228 valence electrons. The number of sulfonamides is 1. The molecule has 4 heterocycles. The minimum atomic E-state index is -3.24. The highest BCUT2D eigenvalue weighted by Crippen LogP contribution is 2.37. The fraction of sp³-hybridized carbons (Fsp3) is 0.556. The van der Waals surface area contributed by atoms with Gasteiger partial charge in [0.2, 0.25) is 15.9 Å². The first-order valence-corrected chi connectivity index (χ1v) is 16.0. The zero-order chi connectivity index (χ0) is 30.2. The van der Waals surface area contributed by atoms with Crippen molar-refractivity contribution < 1.29 is 23.1 Å². The zero-order valence-corrected chi connectivity index (χ0v) is 24.8. The second-order valence-corrected chi connectivity index (χ2v) is 13.3. The van der Waals surface area contributed by atoms with Crippen LogP contribution in [-0.2, 0) is 14.8 Å². The SMILES string of the molecule is CN(C(=O)O)c1ccc(-c2cnc([C@@H]3C[C@H](N4CCN(S(C)(=O)=O)CC4)CN3C(=O)C3CCN(C(=N)N)CC3)[nH]2)cc1. The number of nitrogens with zero attached hydrogens (tertiary/aromatic N) is 6. The summed E-state index contributed by atoms with van der Waals surface area (Å²) in [6, 6.07) is 6.92. The summed E-state index contributed by atoms with van der Waals surface area (Å²) < 4.78 is 25.5. The fourth-order valence-electron chi connectivity index (χ4n) is 6.21. The minimum absolute atomic E-state index is 0.0269. The van der Waals surface area contributed by atoms with Gasteiger partial charge in [0.25, 0.3) is 0 Å². The number of piperidine rings is 1. The van der Waals surface area contributed by atoms with Crippen LogP contribution < -0.4 is 10.6 Å². The second kappa shape index (κ2) is 11.9. The number of hydrogen-bond acceptors (Lipinski definition) is 7. The average molecular weight is 602 g/mol. The monoisotopic (exact) mass is 601 g/mol. The molecule has 1 aromatic heterocycles. The molecule has 2 atom stereocenters. The zero-order valence-electron chi connectivity index (χ0n) is 23.9. The highest BCUT2D eigenvalue weighted by atomic mass is 32.2. The van der Waals surface area contributed by atoms with Crippen molar-refractivity contribution in [2.75, 3.05) is 64.0 Å². The van der Waals surface area contributed by atoms with Crippen LogP contribution in [0.15, 0.2) is 30.5 Å². The normalized spacial score (nSPS) is 22.8. The number of nitrogens with one attached hydrogen (secondary N) is 2. The molecule has 0 bridgehead atoms. The first-order chi connectivity index (χ1) is 19.9. The molecule has 3 aliphatic heterocycles. The third-order valence-electron chi connectivity index (χ3n) is 8.77. The molecular formula is C27H39N9O5S. The molecule has 3 aliphatic rings. The summed E-state index contributed by atoms with van der Waals surface area (Å²) in [4.78, 5) is 40.4. The quantitative estimate of drug-likeness (QED) is 0.277. The molecule has 0 spiro atoms. The van der Waals surface area contributed by atoms with Crippen LogP contribution in [0.3, 0.4) is 0 Å². The molecule has 5 rings (SSSR count). The van der Waals surface area contributed by atoms with Crippen LogP contribution in [0.25, 0.3) is 11.3 Å². The molecule has 14 nitrogen and oxygen atoms in total. The first kappa shape index (κ1) is 29.8. The number of aromatic amines is 1. The number of piperazine rings is 1. The molecule has 2 aromatic rings. The average Bonchev–Trinajstić information content (AvgIpc) is 3.64. The van der Waals surface area contributed by atoms with Crippen LogP contribution in [0.2, 0.25) is 0 Å². The molecule has 3 saturated heterocycles. The fourth-order valence-corrected chi connectivity index (χ4v) is 7.04. The van der Waals surface area contributed by atoms with Gasteiger partial charge in [-0.15, -0.1) is 0 Å². The van der Waals surface area contributed by atoms with Crippen molar-refractivity contribution in [1.29, 1.82) is 5.41 Å². The van der Waals surface area contributed by atoms with E-state index in [1.807, 2.05) is 17.0 Å². The van der Waals surface area contributed by atoms with Crippen molar-refractivity contribution in [2.45, 2.75) is 31.3 Å². The maximum atomic E-state index is 13.9. The number of aromatic nitrogens is 2. The van der Waals surface area contributed by atoms with Crippen molar-refractivity contribution in [3.63, 3.8) is 0 Å². The summed E-state index contributed by atoms with van der Waals surface area (Å²) in [5.74, 6) is 0.610. The molecule has 42 heavy (non-hydrogen) atoms. The first-order valence-electron chi connectivity index (χ1n) is 14.1. The third kappa shape index (κ3) is 6.22. The largest absolute Gasteiger partial charge is 0.465 e. The van der Waals surface area contributed by atoms with Crippen LogP contribution >= 0.6 is 0 Å². The number of hydrogen-bond donors (Lipinski definition) is 4. The molecule has 0 unspecified atom stereocenters. The van der Waals surface area contributed by atoms with Crippen molar-refractivity contribution in [1.82, 2.24) is 29.0 Å². The van der Waals surface area contributed by atoms with E-state index in [0.717, 1.165) is 16.2 Å². The predicted octanol–water partition coefficient (Wildman–Crippen LogP) is 1.02. The number of carbonyl (C=O) groups is 2. The summed E-state index contributed by atoms with van der Waals surface area (Å²) >= 11 is 0. The molecular weight excluding hydrogens is 562 g/mol. The standard InChI is InChI=1S/C27H39N9O5S/c1-32(27(38)39)20-5-3-18(4-6-20)22-16-30-24(31-22)23-15-21(33-11-13-35(14-12-33)42(2,40)41)17-36(23)25(37)19-7-9-34(10-8-19)26(28)29/h3-6,16,19,21,23H,7-15,17H2,1-2H3,(H3,28,29)(H,30,31)(H,38,39)/t21-,23-/m0/s1. The smallest absolute Gasteiger partial charge is 0.411 e. The Bertz CT molecular complexity index is 1410. The number of imidazole rings is 1. The maximum absolute atomic E-state index is 13.9. The molecule has 3 fully saturated rings. The predicted molar refractivity (Wildman–Crippen MR) is 158 cm³/mol. The van der Waals surface area contributed by atoms with E-state index >= 15 is 0 Å². The lowest BCUT2D eigenvalue weighted by atomic mass is 9.95. The van der Waals surface area contributed by atoms with Gasteiger partial charge in [-0.25, -0.2) is 18.2 Å². The van der Waals surface area contributed by atoms with Gasteiger partial charge < -0.3 is 25.6 Å². The third-order valence-corrected chi connectivity index (χ3v) is 10.1. The van der Waals surface area contributed by atoms with Gasteiger partial charge in [-0.1, -0.05) is 12.1 Å². The van der Waals surface area contributed by atoms with Crippen molar-refractivity contribution in [3.8, 4) is 11.3 Å². The minimum Gasteiger partial charge on any atom is -0.465 e. The van der Waals surface area contributed by atoms with E-state index < -0.39 is 16.1 Å². The van der Waals surface area contributed by atoms with E-state index in [4.69, 9.17) is 11.1 Å². The van der Waals surface area contributed by atoms with E-state index in [9.17, 15) is 23.1 Å². The molecule has 0 saturated carbocycles. The number of rotatable bonds is 6. The molecule has 15 heteroatoms. The number of likely N-dealkylation sites (tertiary alicyclic amines) is 2. The van der Waals surface area contributed by atoms with E-state index in [1.54, 1.807) is 23.2 Å². The summed E-state index contributed by atoms with van der Waals surface area (Å²) in [6.07, 6.45) is 3.85. The Kier molecular flexibility index (Phi) is 8.44. The van der Waals surface area contributed by atoms with E-state index in [1.165, 1.54) is 17.6 Å². The highest BCUT2D eigenvalue weighted by molar-refractivity contribution is 7.88. The van der Waals surface area contributed by atoms with Crippen LogP contribution in [0, 0.1) is 11.3 Å². The van der Waals surface area contributed by atoms with Gasteiger partial charge in [0.1, 0.15) is 5.82 Å². The Morgan fingerprint density at radius 1 is 1.10 bits per heavy atom. The van der Waals surface area contributed by atoms with E-state index in [-0.39, 0.29) is 29.9 Å². The van der Waals surface area contributed by atoms with Crippen molar-refractivity contribution >= 4 is 33.7 Å². The Labute approximate surface area is 245 Å². The second-order valence-electron chi connectivity index (χ2n) is 11.3. The molecule has 0 aliphatic carbocycles. The molecule has 2 amide bonds. The summed E-state index contributed by atoms with van der Waals surface area (Å²) in [7, 11) is -1.76. The van der Waals surface area contributed by atoms with E-state index in [0.29, 0.717) is 76.6 Å². The van der Waals surface area contributed by atoms with E-state index in [2.05, 4.69) is 14.9 Å². The number of guanidine groups is 1. The van der Waals surface area contributed by atoms with Gasteiger partial charge in [-0.05, 0) is 37.0 Å². The topological polar surface area (TPSA) is 183 Å². The lowest BCUT2D eigenvalue weighted by Gasteiger charge is -2.37. The number of carbonyl (C=O) groups excluding carboxylic acids is 1. The van der Waals surface area contributed by atoms with Gasteiger partial charge in [0, 0.05) is 70.5 Å². The molecule has 0 radical (unpaired) electrons. The number of anilines is 1. The van der Waals surface area contributed by atoms with Crippen molar-refractivity contribution in [3.05, 3.63) is 36.3 Å².